The molecule has 6 nitrogen and oxygen atoms in total. The van der Waals surface area contributed by atoms with Crippen LogP contribution in [0.15, 0.2) is 0 Å². The lowest BCUT2D eigenvalue weighted by atomic mass is 9.89. The number of carbonyl (C=O) groups is 1. The van der Waals surface area contributed by atoms with Gasteiger partial charge >= 0.3 is 0 Å². The van der Waals surface area contributed by atoms with Crippen LogP contribution in [0.2, 0.25) is 0 Å². The fraction of sp³-hybridized carbons (Fsp3) is 0.882. The first kappa shape index (κ1) is 16.7. The molecule has 0 unspecified atom stereocenters. The van der Waals surface area contributed by atoms with Gasteiger partial charge in [0.1, 0.15) is 0 Å². The monoisotopic (exact) mass is 320 g/mol. The van der Waals surface area contributed by atoms with E-state index in [0.29, 0.717) is 18.9 Å². The van der Waals surface area contributed by atoms with Gasteiger partial charge in [-0.1, -0.05) is 12.8 Å². The molecule has 1 amide bonds. The zero-order valence-corrected chi connectivity index (χ0v) is 14.0. The number of hydrogen-bond acceptors (Lipinski definition) is 5. The summed E-state index contributed by atoms with van der Waals surface area (Å²) in [5, 5.41) is 8.77. The van der Waals surface area contributed by atoms with Crippen molar-refractivity contribution < 1.29 is 9.53 Å². The van der Waals surface area contributed by atoms with E-state index in [1.54, 1.807) is 0 Å². The van der Waals surface area contributed by atoms with Gasteiger partial charge in [-0.15, -0.1) is 0 Å². The SMILES string of the molecule is N#CCN1CCN(C(=O)CC2(N3CCOCC3)CCCC2)CC1. The van der Waals surface area contributed by atoms with Gasteiger partial charge in [0, 0.05) is 51.2 Å². The minimum Gasteiger partial charge on any atom is -0.379 e. The van der Waals surface area contributed by atoms with E-state index in [1.807, 2.05) is 4.90 Å². The van der Waals surface area contributed by atoms with Crippen LogP contribution in [0.5, 0.6) is 0 Å². The van der Waals surface area contributed by atoms with Gasteiger partial charge in [-0.3, -0.25) is 14.6 Å². The fourth-order valence-corrected chi connectivity index (χ4v) is 4.32. The minimum atomic E-state index is 0.0741. The number of ether oxygens (including phenoxy) is 1. The van der Waals surface area contributed by atoms with Gasteiger partial charge in [0.15, 0.2) is 0 Å². The lowest BCUT2D eigenvalue weighted by Crippen LogP contribution is -2.56. The summed E-state index contributed by atoms with van der Waals surface area (Å²) < 4.78 is 5.49. The number of amides is 1. The number of hydrogen-bond donors (Lipinski definition) is 0. The van der Waals surface area contributed by atoms with Gasteiger partial charge in [-0.2, -0.15) is 5.26 Å². The van der Waals surface area contributed by atoms with Gasteiger partial charge < -0.3 is 9.64 Å². The highest BCUT2D eigenvalue weighted by molar-refractivity contribution is 5.77. The quantitative estimate of drug-likeness (QED) is 0.713. The van der Waals surface area contributed by atoms with E-state index in [0.717, 1.165) is 65.3 Å². The molecule has 2 heterocycles. The third kappa shape index (κ3) is 3.85. The van der Waals surface area contributed by atoms with E-state index in [9.17, 15) is 4.79 Å². The second-order valence-electron chi connectivity index (χ2n) is 7.02. The van der Waals surface area contributed by atoms with Crippen molar-refractivity contribution in [3.8, 4) is 6.07 Å². The predicted molar refractivity (Wildman–Crippen MR) is 86.8 cm³/mol. The number of piperazine rings is 1. The zero-order chi connectivity index (χ0) is 16.1. The van der Waals surface area contributed by atoms with E-state index < -0.39 is 0 Å². The standard InChI is InChI=1S/C17H28N4O2/c18-5-6-19-7-9-20(10-8-19)16(22)15-17(3-1-2-4-17)21-11-13-23-14-12-21/h1-4,6-15H2. The summed E-state index contributed by atoms with van der Waals surface area (Å²) in [6, 6.07) is 2.19. The molecule has 6 heteroatoms. The molecule has 0 atom stereocenters. The molecule has 1 aliphatic carbocycles. The first-order valence-corrected chi connectivity index (χ1v) is 8.93. The number of carbonyl (C=O) groups excluding carboxylic acids is 1. The summed E-state index contributed by atoms with van der Waals surface area (Å²) in [5.41, 5.74) is 0.0741. The lowest BCUT2D eigenvalue weighted by Gasteiger charge is -2.44. The van der Waals surface area contributed by atoms with Crippen molar-refractivity contribution in [1.29, 1.82) is 5.26 Å². The molecular weight excluding hydrogens is 292 g/mol. The summed E-state index contributed by atoms with van der Waals surface area (Å²) in [6.07, 6.45) is 5.42. The lowest BCUT2D eigenvalue weighted by molar-refractivity contribution is -0.137. The summed E-state index contributed by atoms with van der Waals surface area (Å²) in [7, 11) is 0. The Kier molecular flexibility index (Phi) is 5.52. The topological polar surface area (TPSA) is 59.8 Å². The van der Waals surface area contributed by atoms with Crippen molar-refractivity contribution in [3.05, 3.63) is 0 Å². The molecule has 23 heavy (non-hydrogen) atoms. The summed E-state index contributed by atoms with van der Waals surface area (Å²) >= 11 is 0. The minimum absolute atomic E-state index is 0.0741. The van der Waals surface area contributed by atoms with Crippen molar-refractivity contribution in [2.45, 2.75) is 37.6 Å². The van der Waals surface area contributed by atoms with Gasteiger partial charge in [-0.05, 0) is 12.8 Å². The van der Waals surface area contributed by atoms with Gasteiger partial charge in [0.05, 0.1) is 25.8 Å². The van der Waals surface area contributed by atoms with Crippen molar-refractivity contribution in [3.63, 3.8) is 0 Å². The van der Waals surface area contributed by atoms with E-state index in [-0.39, 0.29) is 5.54 Å². The summed E-state index contributed by atoms with van der Waals surface area (Å²) in [6.45, 7) is 7.16. The first-order valence-electron chi connectivity index (χ1n) is 8.93. The number of nitrogens with zero attached hydrogens (tertiary/aromatic N) is 4. The van der Waals surface area contributed by atoms with Crippen LogP contribution in [0.3, 0.4) is 0 Å². The Balaban J connectivity index is 1.58. The van der Waals surface area contributed by atoms with Crippen LogP contribution in [0, 0.1) is 11.3 Å². The number of nitriles is 1. The van der Waals surface area contributed by atoms with Crippen LogP contribution in [0.1, 0.15) is 32.1 Å². The van der Waals surface area contributed by atoms with E-state index in [4.69, 9.17) is 10.00 Å². The van der Waals surface area contributed by atoms with Crippen LogP contribution in [-0.2, 0) is 9.53 Å². The van der Waals surface area contributed by atoms with Crippen LogP contribution < -0.4 is 0 Å². The molecule has 1 saturated carbocycles. The molecule has 0 spiro atoms. The maximum absolute atomic E-state index is 12.9. The average Bonchev–Trinajstić information content (AvgIpc) is 3.06. The Labute approximate surface area is 139 Å². The molecule has 2 saturated heterocycles. The molecule has 2 aliphatic heterocycles. The zero-order valence-electron chi connectivity index (χ0n) is 14.0. The van der Waals surface area contributed by atoms with E-state index in [1.165, 1.54) is 12.8 Å². The summed E-state index contributed by atoms with van der Waals surface area (Å²) in [5.74, 6) is 0.301. The van der Waals surface area contributed by atoms with Crippen LogP contribution in [-0.4, -0.2) is 85.2 Å². The normalized spacial score (nSPS) is 26.1. The van der Waals surface area contributed by atoms with Crippen molar-refractivity contribution in [2.75, 3.05) is 59.0 Å². The molecule has 0 bridgehead atoms. The predicted octanol–water partition coefficient (Wildman–Crippen LogP) is 0.689. The third-order valence-corrected chi connectivity index (χ3v) is 5.72. The van der Waals surface area contributed by atoms with Crippen molar-refractivity contribution in [1.82, 2.24) is 14.7 Å². The Morgan fingerprint density at radius 2 is 1.70 bits per heavy atom. The van der Waals surface area contributed by atoms with E-state index in [2.05, 4.69) is 15.9 Å². The van der Waals surface area contributed by atoms with Crippen molar-refractivity contribution in [2.24, 2.45) is 0 Å². The highest BCUT2D eigenvalue weighted by Gasteiger charge is 2.42. The molecule has 128 valence electrons. The maximum Gasteiger partial charge on any atom is 0.224 e. The second-order valence-corrected chi connectivity index (χ2v) is 7.02. The van der Waals surface area contributed by atoms with Crippen molar-refractivity contribution >= 4 is 5.91 Å². The van der Waals surface area contributed by atoms with Crippen LogP contribution in [0.25, 0.3) is 0 Å². The molecule has 3 fully saturated rings. The first-order chi connectivity index (χ1) is 11.2. The third-order valence-electron chi connectivity index (χ3n) is 5.72. The second kappa shape index (κ2) is 7.61. The molecule has 0 aromatic rings. The number of rotatable bonds is 4. The Morgan fingerprint density at radius 1 is 1.04 bits per heavy atom. The van der Waals surface area contributed by atoms with Crippen LogP contribution >= 0.6 is 0 Å². The molecule has 0 radical (unpaired) electrons. The highest BCUT2D eigenvalue weighted by Crippen LogP contribution is 2.39. The molecular formula is C17H28N4O2. The Hall–Kier alpha value is -1.16. The van der Waals surface area contributed by atoms with Crippen LogP contribution in [0.4, 0.5) is 0 Å². The van der Waals surface area contributed by atoms with Gasteiger partial charge in [0.25, 0.3) is 0 Å². The van der Waals surface area contributed by atoms with E-state index >= 15 is 0 Å². The largest absolute Gasteiger partial charge is 0.379 e. The van der Waals surface area contributed by atoms with Gasteiger partial charge in [0.2, 0.25) is 5.91 Å². The average molecular weight is 320 g/mol. The maximum atomic E-state index is 12.9. The fourth-order valence-electron chi connectivity index (χ4n) is 4.32. The molecule has 0 aromatic heterocycles. The highest BCUT2D eigenvalue weighted by atomic mass is 16.5. The smallest absolute Gasteiger partial charge is 0.224 e. The molecule has 3 rings (SSSR count). The number of morpholine rings is 1. The Morgan fingerprint density at radius 3 is 2.30 bits per heavy atom. The molecule has 3 aliphatic rings. The summed E-state index contributed by atoms with van der Waals surface area (Å²) in [4.78, 5) is 19.5. The molecule has 0 aromatic carbocycles. The van der Waals surface area contributed by atoms with Gasteiger partial charge in [-0.25, -0.2) is 0 Å². The Bertz CT molecular complexity index is 442. The molecule has 0 N–H and O–H groups in total.